The van der Waals surface area contributed by atoms with Crippen LogP contribution in [-0.4, -0.2) is 64.7 Å². The number of amides is 1. The molecule has 0 aromatic rings. The highest BCUT2D eigenvalue weighted by molar-refractivity contribution is 5.85. The van der Waals surface area contributed by atoms with Gasteiger partial charge in [0.05, 0.1) is 6.54 Å². The van der Waals surface area contributed by atoms with E-state index in [0.717, 1.165) is 12.8 Å². The average molecular weight is 287 g/mol. The van der Waals surface area contributed by atoms with Crippen molar-refractivity contribution in [3.63, 3.8) is 0 Å². The third-order valence-electron chi connectivity index (χ3n) is 3.28. The molecule has 0 bridgehead atoms. The molecule has 1 fully saturated rings. The Morgan fingerprint density at radius 3 is 2.35 bits per heavy atom. The SMILES string of the molecule is NC1CCN(CC(=O)N[C@@H](CCC(=O)O)C(=O)O)CC1. The molecule has 1 saturated heterocycles. The summed E-state index contributed by atoms with van der Waals surface area (Å²) in [6, 6.07) is -0.998. The molecule has 0 aliphatic carbocycles. The lowest BCUT2D eigenvalue weighted by atomic mass is 10.1. The van der Waals surface area contributed by atoms with Crippen LogP contribution in [0.1, 0.15) is 25.7 Å². The molecule has 1 aliphatic heterocycles. The number of carbonyl (C=O) groups excluding carboxylic acids is 1. The second-order valence-corrected chi connectivity index (χ2v) is 5.00. The summed E-state index contributed by atoms with van der Waals surface area (Å²) in [6.07, 6.45) is 1.21. The van der Waals surface area contributed by atoms with Crippen molar-refractivity contribution in [2.24, 2.45) is 5.73 Å². The number of hydrogen-bond donors (Lipinski definition) is 4. The van der Waals surface area contributed by atoms with Crippen molar-refractivity contribution in [3.8, 4) is 0 Å². The molecule has 8 nitrogen and oxygen atoms in total. The van der Waals surface area contributed by atoms with Crippen LogP contribution in [-0.2, 0) is 14.4 Å². The standard InChI is InChI=1S/C12H21N3O5/c13-8-3-5-15(6-4-8)7-10(16)14-9(12(19)20)1-2-11(17)18/h8-9H,1-7,13H2,(H,14,16)(H,17,18)(H,19,20)/t9-/m0/s1. The summed E-state index contributed by atoms with van der Waals surface area (Å²) in [7, 11) is 0. The second kappa shape index (κ2) is 7.81. The molecule has 0 aromatic heterocycles. The van der Waals surface area contributed by atoms with Gasteiger partial charge in [-0.2, -0.15) is 0 Å². The van der Waals surface area contributed by atoms with Gasteiger partial charge in [0.2, 0.25) is 5.91 Å². The lowest BCUT2D eigenvalue weighted by molar-refractivity contribution is -0.143. The number of nitrogens with two attached hydrogens (primary N) is 1. The second-order valence-electron chi connectivity index (χ2n) is 5.00. The van der Waals surface area contributed by atoms with Gasteiger partial charge in [0, 0.05) is 25.6 Å². The molecule has 0 radical (unpaired) electrons. The predicted molar refractivity (Wildman–Crippen MR) is 70.1 cm³/mol. The van der Waals surface area contributed by atoms with Crippen molar-refractivity contribution in [1.29, 1.82) is 0 Å². The van der Waals surface area contributed by atoms with Gasteiger partial charge in [0.15, 0.2) is 0 Å². The fourth-order valence-electron chi connectivity index (χ4n) is 2.08. The highest BCUT2D eigenvalue weighted by atomic mass is 16.4. The van der Waals surface area contributed by atoms with Crippen molar-refractivity contribution >= 4 is 17.8 Å². The molecule has 1 amide bonds. The molecule has 5 N–H and O–H groups in total. The molecule has 0 spiro atoms. The van der Waals surface area contributed by atoms with Gasteiger partial charge in [0.25, 0.3) is 0 Å². The summed E-state index contributed by atoms with van der Waals surface area (Å²) in [6.45, 7) is 1.53. The first-order chi connectivity index (χ1) is 9.38. The van der Waals surface area contributed by atoms with E-state index >= 15 is 0 Å². The van der Waals surface area contributed by atoms with Gasteiger partial charge >= 0.3 is 11.9 Å². The van der Waals surface area contributed by atoms with Crippen LogP contribution in [0.2, 0.25) is 0 Å². The van der Waals surface area contributed by atoms with E-state index in [9.17, 15) is 14.4 Å². The number of nitrogens with one attached hydrogen (secondary N) is 1. The number of aliphatic carboxylic acids is 2. The predicted octanol–water partition coefficient (Wildman–Crippen LogP) is -1.16. The van der Waals surface area contributed by atoms with Gasteiger partial charge in [-0.05, 0) is 19.3 Å². The minimum absolute atomic E-state index is 0.115. The van der Waals surface area contributed by atoms with Crippen molar-refractivity contribution in [2.75, 3.05) is 19.6 Å². The Labute approximate surface area is 116 Å². The number of carboxylic acid groups (broad SMARTS) is 2. The van der Waals surface area contributed by atoms with Gasteiger partial charge in [-0.15, -0.1) is 0 Å². The van der Waals surface area contributed by atoms with E-state index in [0.29, 0.717) is 13.1 Å². The van der Waals surface area contributed by atoms with Crippen LogP contribution in [0.4, 0.5) is 0 Å². The summed E-state index contributed by atoms with van der Waals surface area (Å²) in [5.41, 5.74) is 5.76. The molecule has 0 saturated carbocycles. The molecule has 20 heavy (non-hydrogen) atoms. The Morgan fingerprint density at radius 2 is 1.85 bits per heavy atom. The molecule has 1 heterocycles. The van der Waals surface area contributed by atoms with Gasteiger partial charge < -0.3 is 21.3 Å². The van der Waals surface area contributed by atoms with E-state index in [1.807, 2.05) is 4.90 Å². The van der Waals surface area contributed by atoms with Crippen LogP contribution in [0, 0.1) is 0 Å². The zero-order valence-electron chi connectivity index (χ0n) is 11.2. The first-order valence-electron chi connectivity index (χ1n) is 6.60. The summed E-state index contributed by atoms with van der Waals surface area (Å²) < 4.78 is 0. The fourth-order valence-corrected chi connectivity index (χ4v) is 2.08. The minimum Gasteiger partial charge on any atom is -0.481 e. The molecule has 0 aromatic carbocycles. The average Bonchev–Trinajstić information content (AvgIpc) is 2.36. The van der Waals surface area contributed by atoms with E-state index in [-0.39, 0.29) is 25.4 Å². The van der Waals surface area contributed by atoms with Crippen LogP contribution in [0.3, 0.4) is 0 Å². The summed E-state index contributed by atoms with van der Waals surface area (Å²) in [5.74, 6) is -2.71. The van der Waals surface area contributed by atoms with Crippen LogP contribution < -0.4 is 11.1 Å². The van der Waals surface area contributed by atoms with Gasteiger partial charge in [-0.1, -0.05) is 0 Å². The molecule has 1 rings (SSSR count). The Balaban J connectivity index is 2.37. The fraction of sp³-hybridized carbons (Fsp3) is 0.750. The summed E-state index contributed by atoms with van der Waals surface area (Å²) in [5, 5.41) is 19.8. The smallest absolute Gasteiger partial charge is 0.326 e. The maximum atomic E-state index is 11.8. The maximum Gasteiger partial charge on any atom is 0.326 e. The first kappa shape index (κ1) is 16.4. The topological polar surface area (TPSA) is 133 Å². The third-order valence-corrected chi connectivity index (χ3v) is 3.28. The lowest BCUT2D eigenvalue weighted by Crippen LogP contribution is -2.48. The number of carboxylic acids is 2. The van der Waals surface area contributed by atoms with Gasteiger partial charge in [-0.3, -0.25) is 14.5 Å². The van der Waals surface area contributed by atoms with Crippen molar-refractivity contribution in [3.05, 3.63) is 0 Å². The summed E-state index contributed by atoms with van der Waals surface area (Å²) in [4.78, 5) is 35.0. The molecule has 1 atom stereocenters. The van der Waals surface area contributed by atoms with E-state index in [1.54, 1.807) is 0 Å². The number of likely N-dealkylation sites (tertiary alicyclic amines) is 1. The van der Waals surface area contributed by atoms with E-state index in [4.69, 9.17) is 15.9 Å². The first-order valence-corrected chi connectivity index (χ1v) is 6.60. The normalized spacial score (nSPS) is 18.4. The molecule has 1 aliphatic rings. The number of hydrogen-bond acceptors (Lipinski definition) is 5. The maximum absolute atomic E-state index is 11.8. The Bertz CT molecular complexity index is 366. The molecule has 8 heteroatoms. The van der Waals surface area contributed by atoms with E-state index in [1.165, 1.54) is 0 Å². The van der Waals surface area contributed by atoms with E-state index in [2.05, 4.69) is 5.32 Å². The number of rotatable bonds is 7. The monoisotopic (exact) mass is 287 g/mol. The number of carbonyl (C=O) groups is 3. The largest absolute Gasteiger partial charge is 0.481 e. The number of piperidine rings is 1. The molecular weight excluding hydrogens is 266 g/mol. The molecular formula is C12H21N3O5. The zero-order chi connectivity index (χ0) is 15.1. The highest BCUT2D eigenvalue weighted by Gasteiger charge is 2.23. The van der Waals surface area contributed by atoms with Crippen LogP contribution >= 0.6 is 0 Å². The van der Waals surface area contributed by atoms with Gasteiger partial charge in [-0.25, -0.2) is 4.79 Å². The zero-order valence-corrected chi connectivity index (χ0v) is 11.2. The Morgan fingerprint density at radius 1 is 1.25 bits per heavy atom. The van der Waals surface area contributed by atoms with Crippen molar-refractivity contribution < 1.29 is 24.6 Å². The highest BCUT2D eigenvalue weighted by Crippen LogP contribution is 2.07. The van der Waals surface area contributed by atoms with Crippen molar-refractivity contribution in [1.82, 2.24) is 10.2 Å². The van der Waals surface area contributed by atoms with Crippen LogP contribution in [0.25, 0.3) is 0 Å². The Hall–Kier alpha value is -1.67. The number of nitrogens with zero attached hydrogens (tertiary/aromatic N) is 1. The van der Waals surface area contributed by atoms with Crippen LogP contribution in [0.15, 0.2) is 0 Å². The quantitative estimate of drug-likeness (QED) is 0.464. The third kappa shape index (κ3) is 5.98. The molecule has 114 valence electrons. The molecule has 0 unspecified atom stereocenters. The van der Waals surface area contributed by atoms with Gasteiger partial charge in [0.1, 0.15) is 6.04 Å². The Kier molecular flexibility index (Phi) is 6.40. The van der Waals surface area contributed by atoms with E-state index < -0.39 is 23.9 Å². The minimum atomic E-state index is -1.22. The lowest BCUT2D eigenvalue weighted by Gasteiger charge is -2.29. The van der Waals surface area contributed by atoms with Crippen molar-refractivity contribution in [2.45, 2.75) is 37.8 Å². The van der Waals surface area contributed by atoms with Crippen LogP contribution in [0.5, 0.6) is 0 Å². The summed E-state index contributed by atoms with van der Waals surface area (Å²) >= 11 is 0.